The smallest absolute Gasteiger partial charge is 0.145 e. The molecule has 2 unspecified atom stereocenters. The van der Waals surface area contributed by atoms with Crippen molar-refractivity contribution in [3.63, 3.8) is 0 Å². The Morgan fingerprint density at radius 1 is 1.10 bits per heavy atom. The van der Waals surface area contributed by atoms with E-state index in [-0.39, 0.29) is 0 Å². The molecule has 2 atom stereocenters. The van der Waals surface area contributed by atoms with E-state index in [1.54, 1.807) is 6.33 Å². The highest BCUT2D eigenvalue weighted by molar-refractivity contribution is 5.86. The lowest BCUT2D eigenvalue weighted by molar-refractivity contribution is 0.451. The third kappa shape index (κ3) is 3.48. The van der Waals surface area contributed by atoms with Crippen molar-refractivity contribution in [1.29, 1.82) is 0 Å². The number of nitrogen functional groups attached to an aromatic ring is 2. The average Bonchev–Trinajstić information content (AvgIpc) is 3.36. The summed E-state index contributed by atoms with van der Waals surface area (Å²) < 4.78 is 2.31. The van der Waals surface area contributed by atoms with Crippen molar-refractivity contribution in [2.24, 2.45) is 5.92 Å². The molecule has 0 amide bonds. The van der Waals surface area contributed by atoms with Crippen LogP contribution >= 0.6 is 0 Å². The molecule has 6 nitrogen and oxygen atoms in total. The van der Waals surface area contributed by atoms with E-state index in [4.69, 9.17) is 11.5 Å². The zero-order chi connectivity index (χ0) is 19.8. The van der Waals surface area contributed by atoms with Gasteiger partial charge in [-0.1, -0.05) is 18.6 Å². The summed E-state index contributed by atoms with van der Waals surface area (Å²) in [6, 6.07) is 6.63. The first-order chi connectivity index (χ1) is 14.2. The van der Waals surface area contributed by atoms with Crippen LogP contribution in [0.15, 0.2) is 36.8 Å². The van der Waals surface area contributed by atoms with Crippen molar-refractivity contribution in [3.8, 4) is 0 Å². The number of aryl methyl sites for hydroxylation is 1. The standard InChI is InChI=1S/C23H28N6/c24-20-10-8-17-6-2-5-16(21(17)28-20)4-1-3-15-7-9-18(13-15)29-12-11-19-22(25)26-14-27-23(19)29/h5,8,10-12,14-15,18H,1-4,6-7,9,13H2,(H2,24,28)(H2,25,26,27). The zero-order valence-corrected chi connectivity index (χ0v) is 16.7. The van der Waals surface area contributed by atoms with Crippen LogP contribution in [0, 0.1) is 5.92 Å². The lowest BCUT2D eigenvalue weighted by Crippen LogP contribution is -2.06. The van der Waals surface area contributed by atoms with Gasteiger partial charge in [0.05, 0.1) is 11.1 Å². The summed E-state index contributed by atoms with van der Waals surface area (Å²) in [5.74, 6) is 1.96. The molecule has 6 heteroatoms. The molecule has 3 aromatic rings. The molecule has 3 aromatic heterocycles. The van der Waals surface area contributed by atoms with Gasteiger partial charge in [0.15, 0.2) is 0 Å². The Labute approximate surface area is 171 Å². The molecule has 0 spiro atoms. The van der Waals surface area contributed by atoms with Gasteiger partial charge in [-0.3, -0.25) is 0 Å². The molecule has 1 fully saturated rings. The molecule has 0 saturated heterocycles. The van der Waals surface area contributed by atoms with E-state index < -0.39 is 0 Å². The van der Waals surface area contributed by atoms with Crippen molar-refractivity contribution in [3.05, 3.63) is 48.1 Å². The molecule has 0 radical (unpaired) electrons. The van der Waals surface area contributed by atoms with Crippen molar-refractivity contribution < 1.29 is 0 Å². The van der Waals surface area contributed by atoms with Crippen LogP contribution in [-0.2, 0) is 6.42 Å². The lowest BCUT2D eigenvalue weighted by atomic mass is 9.90. The summed E-state index contributed by atoms with van der Waals surface area (Å²) in [5, 5.41) is 0.964. The summed E-state index contributed by atoms with van der Waals surface area (Å²) >= 11 is 0. The number of allylic oxidation sites excluding steroid dienone is 2. The first kappa shape index (κ1) is 18.2. The van der Waals surface area contributed by atoms with Crippen molar-refractivity contribution in [2.75, 3.05) is 11.5 Å². The Hall–Kier alpha value is -2.89. The molecular formula is C23H28N6. The van der Waals surface area contributed by atoms with Crippen LogP contribution in [0.3, 0.4) is 0 Å². The first-order valence-corrected chi connectivity index (χ1v) is 10.7. The molecule has 4 N–H and O–H groups in total. The molecule has 29 heavy (non-hydrogen) atoms. The fourth-order valence-corrected chi connectivity index (χ4v) is 5.13. The van der Waals surface area contributed by atoms with Gasteiger partial charge in [-0.25, -0.2) is 15.0 Å². The monoisotopic (exact) mass is 388 g/mol. The Kier molecular flexibility index (Phi) is 4.70. The van der Waals surface area contributed by atoms with Crippen LogP contribution in [0.5, 0.6) is 0 Å². The van der Waals surface area contributed by atoms with E-state index in [0.29, 0.717) is 17.7 Å². The maximum Gasteiger partial charge on any atom is 0.145 e. The van der Waals surface area contributed by atoms with E-state index in [9.17, 15) is 0 Å². The topological polar surface area (TPSA) is 95.6 Å². The first-order valence-electron chi connectivity index (χ1n) is 10.7. The quantitative estimate of drug-likeness (QED) is 0.669. The number of anilines is 2. The van der Waals surface area contributed by atoms with E-state index in [2.05, 4.69) is 37.9 Å². The van der Waals surface area contributed by atoms with Gasteiger partial charge in [-0.2, -0.15) is 0 Å². The van der Waals surface area contributed by atoms with E-state index in [1.165, 1.54) is 43.2 Å². The van der Waals surface area contributed by atoms with Crippen molar-refractivity contribution in [2.45, 2.75) is 57.4 Å². The van der Waals surface area contributed by atoms with Crippen LogP contribution in [-0.4, -0.2) is 19.5 Å². The average molecular weight is 389 g/mol. The second-order valence-corrected chi connectivity index (χ2v) is 8.46. The molecule has 0 aromatic carbocycles. The molecule has 1 saturated carbocycles. The fourth-order valence-electron chi connectivity index (χ4n) is 5.13. The largest absolute Gasteiger partial charge is 0.384 e. The Balaban J connectivity index is 1.20. The molecule has 150 valence electrons. The minimum Gasteiger partial charge on any atom is -0.384 e. The number of pyridine rings is 1. The number of hydrogen-bond acceptors (Lipinski definition) is 5. The third-order valence-electron chi connectivity index (χ3n) is 6.61. The van der Waals surface area contributed by atoms with Gasteiger partial charge < -0.3 is 16.0 Å². The van der Waals surface area contributed by atoms with Crippen LogP contribution in [0.1, 0.15) is 62.2 Å². The summed E-state index contributed by atoms with van der Waals surface area (Å²) in [7, 11) is 0. The SMILES string of the molecule is Nc1ccc2c(n1)C(CCCC1CCC(n3ccc4c(N)ncnc43)C1)=CCC2. The van der Waals surface area contributed by atoms with Crippen LogP contribution in [0.25, 0.3) is 16.6 Å². The van der Waals surface area contributed by atoms with Gasteiger partial charge in [-0.15, -0.1) is 0 Å². The van der Waals surface area contributed by atoms with Crippen molar-refractivity contribution >= 4 is 28.2 Å². The second kappa shape index (κ2) is 7.50. The summed E-state index contributed by atoms with van der Waals surface area (Å²) in [4.78, 5) is 13.2. The van der Waals surface area contributed by atoms with Gasteiger partial charge >= 0.3 is 0 Å². The molecule has 0 bridgehead atoms. The molecular weight excluding hydrogens is 360 g/mol. The third-order valence-corrected chi connectivity index (χ3v) is 6.61. The normalized spacial score (nSPS) is 21.3. The number of nitrogens with zero attached hydrogens (tertiary/aromatic N) is 4. The predicted octanol–water partition coefficient (Wildman–Crippen LogP) is 4.53. The number of rotatable bonds is 5. The minimum atomic E-state index is 0.517. The van der Waals surface area contributed by atoms with E-state index in [0.717, 1.165) is 41.9 Å². The van der Waals surface area contributed by atoms with Gasteiger partial charge in [-0.05, 0) is 74.1 Å². The molecule has 2 aliphatic rings. The predicted molar refractivity (Wildman–Crippen MR) is 117 cm³/mol. The van der Waals surface area contributed by atoms with E-state index in [1.807, 2.05) is 12.1 Å². The van der Waals surface area contributed by atoms with Gasteiger partial charge in [0, 0.05) is 12.2 Å². The summed E-state index contributed by atoms with van der Waals surface area (Å²) in [5.41, 5.74) is 16.8. The highest BCUT2D eigenvalue weighted by atomic mass is 15.1. The Morgan fingerprint density at radius 2 is 2.03 bits per heavy atom. The molecule has 3 heterocycles. The fraction of sp³-hybridized carbons (Fsp3) is 0.435. The van der Waals surface area contributed by atoms with E-state index >= 15 is 0 Å². The number of hydrogen-bond donors (Lipinski definition) is 2. The maximum atomic E-state index is 5.99. The lowest BCUT2D eigenvalue weighted by Gasteiger charge is -2.18. The van der Waals surface area contributed by atoms with Crippen LogP contribution in [0.4, 0.5) is 11.6 Å². The van der Waals surface area contributed by atoms with Gasteiger partial charge in [0.1, 0.15) is 23.6 Å². The second-order valence-electron chi connectivity index (χ2n) is 8.46. The Morgan fingerprint density at radius 3 is 2.97 bits per heavy atom. The molecule has 2 aliphatic carbocycles. The van der Waals surface area contributed by atoms with Crippen LogP contribution in [0.2, 0.25) is 0 Å². The van der Waals surface area contributed by atoms with Crippen LogP contribution < -0.4 is 11.5 Å². The maximum absolute atomic E-state index is 5.99. The van der Waals surface area contributed by atoms with Gasteiger partial charge in [0.2, 0.25) is 0 Å². The number of nitrogens with two attached hydrogens (primary N) is 2. The van der Waals surface area contributed by atoms with Gasteiger partial charge in [0.25, 0.3) is 0 Å². The molecule has 5 rings (SSSR count). The molecule has 0 aliphatic heterocycles. The number of fused-ring (bicyclic) bond motifs is 2. The Bertz CT molecular complexity index is 1070. The highest BCUT2D eigenvalue weighted by Crippen LogP contribution is 2.40. The minimum absolute atomic E-state index is 0.517. The zero-order valence-electron chi connectivity index (χ0n) is 16.7. The summed E-state index contributed by atoms with van der Waals surface area (Å²) in [6.07, 6.45) is 15.5. The number of aromatic nitrogens is 4. The summed E-state index contributed by atoms with van der Waals surface area (Å²) in [6.45, 7) is 0. The highest BCUT2D eigenvalue weighted by Gasteiger charge is 2.27. The van der Waals surface area contributed by atoms with Crippen molar-refractivity contribution in [1.82, 2.24) is 19.5 Å².